The topological polar surface area (TPSA) is 83.7 Å². The van der Waals surface area contributed by atoms with Crippen LogP contribution in [0.25, 0.3) is 0 Å². The lowest BCUT2D eigenvalue weighted by atomic mass is 9.71. The highest BCUT2D eigenvalue weighted by atomic mass is 32.2. The number of aromatic nitrogens is 1. The molecule has 1 aromatic rings. The van der Waals surface area contributed by atoms with Gasteiger partial charge in [0.1, 0.15) is 5.76 Å². The van der Waals surface area contributed by atoms with E-state index in [2.05, 4.69) is 25.9 Å². The fourth-order valence-corrected chi connectivity index (χ4v) is 5.60. The van der Waals surface area contributed by atoms with E-state index < -0.39 is 0 Å². The van der Waals surface area contributed by atoms with E-state index in [0.717, 1.165) is 55.3 Å². The quantitative estimate of drug-likeness (QED) is 0.721. The summed E-state index contributed by atoms with van der Waals surface area (Å²) in [7, 11) is 0. The summed E-state index contributed by atoms with van der Waals surface area (Å²) in [6.45, 7) is 8.47. The van der Waals surface area contributed by atoms with E-state index in [1.165, 1.54) is 10.5 Å². The van der Waals surface area contributed by atoms with Crippen LogP contribution in [0.15, 0.2) is 4.52 Å². The number of likely N-dealkylation sites (tertiary alicyclic amines) is 1. The first kappa shape index (κ1) is 21.4. The fraction of sp³-hybridized carbons (Fsp3) is 0.727. The molecule has 0 spiro atoms. The molecule has 2 saturated heterocycles. The van der Waals surface area contributed by atoms with Crippen LogP contribution in [-0.2, 0) is 22.4 Å². The Labute approximate surface area is 181 Å². The van der Waals surface area contributed by atoms with Crippen molar-refractivity contribution in [3.8, 4) is 0 Å². The predicted octanol–water partition coefficient (Wildman–Crippen LogP) is 3.62. The molecule has 2 aliphatic heterocycles. The maximum Gasteiger partial charge on any atom is 0.288 e. The predicted molar refractivity (Wildman–Crippen MR) is 114 cm³/mol. The van der Waals surface area contributed by atoms with Gasteiger partial charge in [0.15, 0.2) is 0 Å². The zero-order chi connectivity index (χ0) is 21.5. The van der Waals surface area contributed by atoms with Gasteiger partial charge in [-0.15, -0.1) is 0 Å². The SMILES string of the molecule is CC(C)(C)[C@H]1CCc2noc(C3CCN(C(=O)CCN4C(=O)CSC4=O)CC3)c2C1. The van der Waals surface area contributed by atoms with E-state index in [1.807, 2.05) is 4.90 Å². The van der Waals surface area contributed by atoms with E-state index in [9.17, 15) is 14.4 Å². The summed E-state index contributed by atoms with van der Waals surface area (Å²) in [6.07, 6.45) is 5.12. The van der Waals surface area contributed by atoms with Crippen molar-refractivity contribution >= 4 is 28.8 Å². The van der Waals surface area contributed by atoms with Crippen molar-refractivity contribution in [2.24, 2.45) is 11.3 Å². The largest absolute Gasteiger partial charge is 0.361 e. The molecule has 0 bridgehead atoms. The van der Waals surface area contributed by atoms with Gasteiger partial charge in [-0.3, -0.25) is 19.3 Å². The highest BCUT2D eigenvalue weighted by Crippen LogP contribution is 2.41. The van der Waals surface area contributed by atoms with Crippen molar-refractivity contribution < 1.29 is 18.9 Å². The van der Waals surface area contributed by atoms with Gasteiger partial charge in [0, 0.05) is 37.5 Å². The van der Waals surface area contributed by atoms with Crippen LogP contribution in [0.1, 0.15) is 69.4 Å². The van der Waals surface area contributed by atoms with Crippen LogP contribution >= 0.6 is 11.8 Å². The van der Waals surface area contributed by atoms with E-state index >= 15 is 0 Å². The summed E-state index contributed by atoms with van der Waals surface area (Å²) in [5.41, 5.74) is 2.72. The van der Waals surface area contributed by atoms with E-state index in [1.54, 1.807) is 0 Å². The molecule has 0 unspecified atom stereocenters. The molecule has 2 fully saturated rings. The van der Waals surface area contributed by atoms with Gasteiger partial charge in [-0.05, 0) is 43.4 Å². The van der Waals surface area contributed by atoms with Crippen molar-refractivity contribution in [2.45, 2.75) is 65.2 Å². The second kappa shape index (κ2) is 8.36. The van der Waals surface area contributed by atoms with Crippen LogP contribution in [-0.4, -0.2) is 57.4 Å². The third-order valence-corrected chi connectivity index (χ3v) is 7.77. The molecule has 1 aliphatic carbocycles. The number of carbonyl (C=O) groups excluding carboxylic acids is 3. The summed E-state index contributed by atoms with van der Waals surface area (Å²) in [5, 5.41) is 4.12. The van der Waals surface area contributed by atoms with Crippen LogP contribution in [0, 0.1) is 11.3 Å². The van der Waals surface area contributed by atoms with Gasteiger partial charge in [-0.25, -0.2) is 0 Å². The second-order valence-electron chi connectivity index (χ2n) is 9.78. The molecule has 8 heteroatoms. The van der Waals surface area contributed by atoms with Crippen LogP contribution in [0.5, 0.6) is 0 Å². The first-order valence-corrected chi connectivity index (χ1v) is 11.9. The minimum atomic E-state index is -0.241. The maximum atomic E-state index is 12.6. The Morgan fingerprint density at radius 3 is 2.57 bits per heavy atom. The molecule has 3 heterocycles. The van der Waals surface area contributed by atoms with Gasteiger partial charge in [0.2, 0.25) is 11.8 Å². The number of hydrogen-bond acceptors (Lipinski definition) is 6. The lowest BCUT2D eigenvalue weighted by molar-refractivity contribution is -0.133. The molecule has 3 amide bonds. The van der Waals surface area contributed by atoms with Crippen molar-refractivity contribution in [1.82, 2.24) is 15.0 Å². The van der Waals surface area contributed by atoms with Gasteiger partial charge in [0.25, 0.3) is 5.24 Å². The molecule has 1 aromatic heterocycles. The number of rotatable bonds is 4. The number of amides is 3. The molecule has 0 N–H and O–H groups in total. The number of carbonyl (C=O) groups is 3. The Morgan fingerprint density at radius 2 is 1.93 bits per heavy atom. The van der Waals surface area contributed by atoms with E-state index in [-0.39, 0.29) is 41.2 Å². The number of imide groups is 1. The fourth-order valence-electron chi connectivity index (χ4n) is 4.84. The molecule has 0 radical (unpaired) electrons. The summed E-state index contributed by atoms with van der Waals surface area (Å²) < 4.78 is 5.81. The molecule has 164 valence electrons. The first-order chi connectivity index (χ1) is 14.2. The highest BCUT2D eigenvalue weighted by Gasteiger charge is 2.36. The number of aryl methyl sites for hydroxylation is 1. The lowest BCUT2D eigenvalue weighted by Gasteiger charge is -2.35. The van der Waals surface area contributed by atoms with Crippen molar-refractivity contribution in [3.63, 3.8) is 0 Å². The molecule has 3 aliphatic rings. The summed E-state index contributed by atoms with van der Waals surface area (Å²) in [4.78, 5) is 39.0. The molecule has 1 atom stereocenters. The van der Waals surface area contributed by atoms with Gasteiger partial charge in [-0.1, -0.05) is 37.7 Å². The number of piperidine rings is 1. The number of fused-ring (bicyclic) bond motifs is 1. The van der Waals surface area contributed by atoms with Crippen molar-refractivity contribution in [1.29, 1.82) is 0 Å². The Bertz CT molecular complexity index is 820. The maximum absolute atomic E-state index is 12.6. The Morgan fingerprint density at radius 1 is 1.20 bits per heavy atom. The minimum Gasteiger partial charge on any atom is -0.361 e. The molecule has 0 aromatic carbocycles. The standard InChI is InChI=1S/C22H31N3O4S/c1-22(2,3)15-4-5-17-16(12-15)20(29-23-17)14-6-9-24(10-7-14)18(26)8-11-25-19(27)13-30-21(25)28/h14-15H,4-13H2,1-3H3/t15-/m0/s1. The van der Waals surface area contributed by atoms with E-state index in [0.29, 0.717) is 24.9 Å². The summed E-state index contributed by atoms with van der Waals surface area (Å²) >= 11 is 1.01. The van der Waals surface area contributed by atoms with Crippen LogP contribution in [0.3, 0.4) is 0 Å². The van der Waals surface area contributed by atoms with Crippen molar-refractivity contribution in [2.75, 3.05) is 25.4 Å². The second-order valence-corrected chi connectivity index (χ2v) is 10.7. The van der Waals surface area contributed by atoms with Gasteiger partial charge < -0.3 is 9.42 Å². The molecule has 30 heavy (non-hydrogen) atoms. The van der Waals surface area contributed by atoms with Crippen LogP contribution in [0.2, 0.25) is 0 Å². The van der Waals surface area contributed by atoms with E-state index in [4.69, 9.17) is 4.52 Å². The minimum absolute atomic E-state index is 0.0124. The summed E-state index contributed by atoms with van der Waals surface area (Å²) in [5.74, 6) is 1.99. The Kier molecular flexibility index (Phi) is 5.97. The van der Waals surface area contributed by atoms with Crippen molar-refractivity contribution in [3.05, 3.63) is 17.0 Å². The number of thioether (sulfide) groups is 1. The number of nitrogens with zero attached hydrogens (tertiary/aromatic N) is 3. The van der Waals surface area contributed by atoms with Crippen LogP contribution in [0.4, 0.5) is 4.79 Å². The average Bonchev–Trinajstić information content (AvgIpc) is 3.28. The molecule has 4 rings (SSSR count). The highest BCUT2D eigenvalue weighted by molar-refractivity contribution is 8.14. The van der Waals surface area contributed by atoms with Crippen LogP contribution < -0.4 is 0 Å². The monoisotopic (exact) mass is 433 g/mol. The zero-order valence-corrected chi connectivity index (χ0v) is 18.9. The zero-order valence-electron chi connectivity index (χ0n) is 18.1. The third kappa shape index (κ3) is 4.29. The Balaban J connectivity index is 1.32. The third-order valence-electron chi connectivity index (χ3n) is 6.91. The molecular weight excluding hydrogens is 402 g/mol. The normalized spacial score (nSPS) is 23.2. The smallest absolute Gasteiger partial charge is 0.288 e. The Hall–Kier alpha value is -1.83. The summed E-state index contributed by atoms with van der Waals surface area (Å²) in [6, 6.07) is 0. The molecular formula is C22H31N3O4S. The average molecular weight is 434 g/mol. The lowest BCUT2D eigenvalue weighted by Crippen LogP contribution is -2.40. The van der Waals surface area contributed by atoms with Gasteiger partial charge in [-0.2, -0.15) is 0 Å². The molecule has 7 nitrogen and oxygen atoms in total. The number of hydrogen-bond donors (Lipinski definition) is 0. The van der Waals surface area contributed by atoms with Gasteiger partial charge >= 0.3 is 0 Å². The van der Waals surface area contributed by atoms with Gasteiger partial charge in [0.05, 0.1) is 11.4 Å². The first-order valence-electron chi connectivity index (χ1n) is 11.0. The molecule has 0 saturated carbocycles.